The maximum atomic E-state index is 12.1. The predicted molar refractivity (Wildman–Crippen MR) is 87.2 cm³/mol. The van der Waals surface area contributed by atoms with Crippen molar-refractivity contribution in [2.45, 2.75) is 13.3 Å². The van der Waals surface area contributed by atoms with Gasteiger partial charge in [-0.05, 0) is 25.1 Å². The average molecular weight is 322 g/mol. The Morgan fingerprint density at radius 1 is 1.17 bits per heavy atom. The largest absolute Gasteiger partial charge is 0.348 e. The molecule has 2 amide bonds. The summed E-state index contributed by atoms with van der Waals surface area (Å²) in [6.07, 6.45) is 0.825. The number of nitrogens with one attached hydrogen (secondary N) is 1. The zero-order chi connectivity index (χ0) is 17.4. The van der Waals surface area contributed by atoms with Crippen molar-refractivity contribution in [3.63, 3.8) is 0 Å². The van der Waals surface area contributed by atoms with E-state index in [4.69, 9.17) is 0 Å². The maximum Gasteiger partial charge on any atom is 0.269 e. The van der Waals surface area contributed by atoms with E-state index in [9.17, 15) is 19.7 Å². The number of carbonyl (C=O) groups is 2. The molecule has 0 saturated heterocycles. The molecule has 8 heteroatoms. The van der Waals surface area contributed by atoms with Gasteiger partial charge in [-0.1, -0.05) is 6.92 Å². The van der Waals surface area contributed by atoms with Crippen LogP contribution in [0.5, 0.6) is 0 Å². The summed E-state index contributed by atoms with van der Waals surface area (Å²) < 4.78 is 0. The van der Waals surface area contributed by atoms with E-state index in [1.165, 1.54) is 29.2 Å². The summed E-state index contributed by atoms with van der Waals surface area (Å²) in [5, 5.41) is 13.3. The Hall–Kier alpha value is -2.48. The van der Waals surface area contributed by atoms with E-state index in [2.05, 4.69) is 5.32 Å². The van der Waals surface area contributed by atoms with Crippen molar-refractivity contribution < 1.29 is 14.5 Å². The molecule has 0 aliphatic heterocycles. The minimum atomic E-state index is -0.499. The SMILES string of the molecule is CCCN(CC(=O)Nc1ccc([N+](=O)[O-])cc1)CC(=O)N(C)C. The van der Waals surface area contributed by atoms with Crippen molar-refractivity contribution in [2.75, 3.05) is 39.0 Å². The highest BCUT2D eigenvalue weighted by molar-refractivity contribution is 5.92. The number of amides is 2. The quantitative estimate of drug-likeness (QED) is 0.575. The fraction of sp³-hybridized carbons (Fsp3) is 0.467. The molecule has 0 unspecified atom stereocenters. The number of hydrogen-bond donors (Lipinski definition) is 1. The molecule has 1 N–H and O–H groups in total. The van der Waals surface area contributed by atoms with Gasteiger partial charge in [0.25, 0.3) is 5.69 Å². The topological polar surface area (TPSA) is 95.8 Å². The molecule has 0 atom stereocenters. The smallest absolute Gasteiger partial charge is 0.269 e. The Balaban J connectivity index is 2.61. The summed E-state index contributed by atoms with van der Waals surface area (Å²) in [4.78, 5) is 37.2. The number of anilines is 1. The van der Waals surface area contributed by atoms with Gasteiger partial charge in [-0.15, -0.1) is 0 Å². The summed E-state index contributed by atoms with van der Waals surface area (Å²) in [6, 6.07) is 5.61. The Labute approximate surface area is 135 Å². The second-order valence-electron chi connectivity index (χ2n) is 5.35. The van der Waals surface area contributed by atoms with Crippen molar-refractivity contribution in [3.8, 4) is 0 Å². The molecule has 8 nitrogen and oxygen atoms in total. The monoisotopic (exact) mass is 322 g/mol. The van der Waals surface area contributed by atoms with Gasteiger partial charge in [0.2, 0.25) is 11.8 Å². The number of hydrogen-bond acceptors (Lipinski definition) is 5. The molecule has 0 radical (unpaired) electrons. The van der Waals surface area contributed by atoms with Gasteiger partial charge >= 0.3 is 0 Å². The van der Waals surface area contributed by atoms with E-state index < -0.39 is 4.92 Å². The first-order chi connectivity index (χ1) is 10.8. The minimum absolute atomic E-state index is 0.0350. The van der Waals surface area contributed by atoms with Gasteiger partial charge in [-0.3, -0.25) is 24.6 Å². The Kier molecular flexibility index (Phi) is 7.14. The number of rotatable bonds is 8. The third kappa shape index (κ3) is 6.43. The van der Waals surface area contributed by atoms with Gasteiger partial charge in [-0.2, -0.15) is 0 Å². The zero-order valence-corrected chi connectivity index (χ0v) is 13.6. The van der Waals surface area contributed by atoms with Gasteiger partial charge < -0.3 is 10.2 Å². The number of likely N-dealkylation sites (N-methyl/N-ethyl adjacent to an activating group) is 1. The standard InChI is InChI=1S/C15H22N4O4/c1-4-9-18(11-15(21)17(2)3)10-14(20)16-12-5-7-13(8-6-12)19(22)23/h5-8H,4,9-11H2,1-3H3,(H,16,20). The van der Waals surface area contributed by atoms with E-state index in [0.717, 1.165) is 6.42 Å². The van der Waals surface area contributed by atoms with Crippen LogP contribution in [-0.4, -0.2) is 60.3 Å². The van der Waals surface area contributed by atoms with Gasteiger partial charge in [0.05, 0.1) is 18.0 Å². The highest BCUT2D eigenvalue weighted by atomic mass is 16.6. The molecular weight excluding hydrogens is 300 g/mol. The molecule has 0 saturated carbocycles. The summed E-state index contributed by atoms with van der Waals surface area (Å²) in [7, 11) is 3.34. The zero-order valence-electron chi connectivity index (χ0n) is 13.6. The summed E-state index contributed by atoms with van der Waals surface area (Å²) >= 11 is 0. The number of nitro benzene ring substituents is 1. The second-order valence-corrected chi connectivity index (χ2v) is 5.35. The fourth-order valence-electron chi connectivity index (χ4n) is 1.93. The maximum absolute atomic E-state index is 12.1. The number of carbonyl (C=O) groups excluding carboxylic acids is 2. The molecule has 0 fully saturated rings. The molecule has 0 spiro atoms. The van der Waals surface area contributed by atoms with Crippen molar-refractivity contribution in [3.05, 3.63) is 34.4 Å². The predicted octanol–water partition coefficient (Wildman–Crippen LogP) is 1.33. The lowest BCUT2D eigenvalue weighted by atomic mass is 10.3. The van der Waals surface area contributed by atoms with Gasteiger partial charge in [-0.25, -0.2) is 0 Å². The molecule has 0 aromatic heterocycles. The molecular formula is C15H22N4O4. The van der Waals surface area contributed by atoms with E-state index in [0.29, 0.717) is 12.2 Å². The number of non-ortho nitro benzene ring substituents is 1. The van der Waals surface area contributed by atoms with Crippen LogP contribution in [0.4, 0.5) is 11.4 Å². The van der Waals surface area contributed by atoms with Gasteiger partial charge in [0.15, 0.2) is 0 Å². The molecule has 0 aliphatic carbocycles. The van der Waals surface area contributed by atoms with Crippen LogP contribution in [-0.2, 0) is 9.59 Å². The van der Waals surface area contributed by atoms with E-state index in [1.807, 2.05) is 6.92 Å². The lowest BCUT2D eigenvalue weighted by molar-refractivity contribution is -0.384. The molecule has 0 heterocycles. The van der Waals surface area contributed by atoms with Gasteiger partial charge in [0.1, 0.15) is 0 Å². The van der Waals surface area contributed by atoms with Crippen LogP contribution in [0.25, 0.3) is 0 Å². The van der Waals surface area contributed by atoms with Crippen LogP contribution >= 0.6 is 0 Å². The average Bonchev–Trinajstić information content (AvgIpc) is 2.47. The number of nitro groups is 1. The highest BCUT2D eigenvalue weighted by Gasteiger charge is 2.15. The van der Waals surface area contributed by atoms with Crippen molar-refractivity contribution in [1.29, 1.82) is 0 Å². The highest BCUT2D eigenvalue weighted by Crippen LogP contribution is 2.15. The molecule has 126 valence electrons. The summed E-state index contributed by atoms with van der Waals surface area (Å²) in [5.74, 6) is -0.333. The Morgan fingerprint density at radius 2 is 1.78 bits per heavy atom. The number of benzene rings is 1. The third-order valence-corrected chi connectivity index (χ3v) is 3.13. The molecule has 0 bridgehead atoms. The summed E-state index contributed by atoms with van der Waals surface area (Å²) in [5.41, 5.74) is 0.447. The van der Waals surface area contributed by atoms with Crippen LogP contribution < -0.4 is 5.32 Å². The van der Waals surface area contributed by atoms with Crippen molar-refractivity contribution in [2.24, 2.45) is 0 Å². The first-order valence-electron chi connectivity index (χ1n) is 7.30. The van der Waals surface area contributed by atoms with Crippen molar-refractivity contribution >= 4 is 23.2 Å². The number of nitrogens with zero attached hydrogens (tertiary/aromatic N) is 3. The van der Waals surface area contributed by atoms with E-state index in [-0.39, 0.29) is 30.6 Å². The first-order valence-corrected chi connectivity index (χ1v) is 7.30. The van der Waals surface area contributed by atoms with Crippen molar-refractivity contribution in [1.82, 2.24) is 9.80 Å². The van der Waals surface area contributed by atoms with Crippen LogP contribution in [0.2, 0.25) is 0 Å². The normalized spacial score (nSPS) is 10.4. The molecule has 1 aromatic carbocycles. The Morgan fingerprint density at radius 3 is 2.26 bits per heavy atom. The summed E-state index contributed by atoms with van der Waals surface area (Å²) in [6.45, 7) is 2.87. The molecule has 1 rings (SSSR count). The lowest BCUT2D eigenvalue weighted by Crippen LogP contribution is -2.41. The minimum Gasteiger partial charge on any atom is -0.348 e. The fourth-order valence-corrected chi connectivity index (χ4v) is 1.93. The van der Waals surface area contributed by atoms with Gasteiger partial charge in [0, 0.05) is 31.9 Å². The van der Waals surface area contributed by atoms with E-state index >= 15 is 0 Å². The molecule has 0 aliphatic rings. The Bertz CT molecular complexity index is 557. The van der Waals surface area contributed by atoms with Crippen LogP contribution in [0.1, 0.15) is 13.3 Å². The molecule has 1 aromatic rings. The van der Waals surface area contributed by atoms with E-state index in [1.54, 1.807) is 19.0 Å². The first kappa shape index (κ1) is 18.6. The third-order valence-electron chi connectivity index (χ3n) is 3.13. The van der Waals surface area contributed by atoms with Crippen LogP contribution in [0.3, 0.4) is 0 Å². The lowest BCUT2D eigenvalue weighted by Gasteiger charge is -2.22. The van der Waals surface area contributed by atoms with Crippen LogP contribution in [0, 0.1) is 10.1 Å². The second kappa shape index (κ2) is 8.84. The van der Waals surface area contributed by atoms with Crippen LogP contribution in [0.15, 0.2) is 24.3 Å². The molecule has 23 heavy (non-hydrogen) atoms.